The quantitative estimate of drug-likeness (QED) is 0.575. The van der Waals surface area contributed by atoms with Crippen LogP contribution in [0.5, 0.6) is 0 Å². The number of aliphatic imine (C=N–C) groups is 1. The topological polar surface area (TPSA) is 79.8 Å². The molecule has 0 aromatic rings. The highest BCUT2D eigenvalue weighted by molar-refractivity contribution is 7.91. The summed E-state index contributed by atoms with van der Waals surface area (Å²) in [7, 11) is -1.08. The largest absolute Gasteiger partial charge is 0.378 e. The van der Waals surface area contributed by atoms with Crippen LogP contribution >= 0.6 is 0 Å². The van der Waals surface area contributed by atoms with Crippen molar-refractivity contribution in [3.8, 4) is 0 Å². The number of hydrogen-bond donors (Lipinski definition) is 2. The molecule has 1 aliphatic heterocycles. The second-order valence-corrected chi connectivity index (χ2v) is 10.5. The molecule has 0 bridgehead atoms. The van der Waals surface area contributed by atoms with Gasteiger partial charge in [0, 0.05) is 31.2 Å². The van der Waals surface area contributed by atoms with Crippen molar-refractivity contribution in [2.45, 2.75) is 65.1 Å². The number of guanidine groups is 1. The normalized spacial score (nSPS) is 34.9. The zero-order valence-corrected chi connectivity index (χ0v) is 16.7. The van der Waals surface area contributed by atoms with Crippen LogP contribution in [0, 0.1) is 11.3 Å². The molecule has 1 heterocycles. The molecule has 0 aromatic heterocycles. The summed E-state index contributed by atoms with van der Waals surface area (Å²) < 4.78 is 28.9. The minimum absolute atomic E-state index is 0.00211. The van der Waals surface area contributed by atoms with Crippen molar-refractivity contribution >= 4 is 15.8 Å². The molecule has 24 heavy (non-hydrogen) atoms. The molecule has 6 nitrogen and oxygen atoms in total. The maximum atomic E-state index is 11.6. The lowest BCUT2D eigenvalue weighted by Crippen LogP contribution is -2.69. The van der Waals surface area contributed by atoms with Gasteiger partial charge in [0.25, 0.3) is 0 Å². The van der Waals surface area contributed by atoms with E-state index in [1.807, 2.05) is 0 Å². The summed E-state index contributed by atoms with van der Waals surface area (Å²) in [4.78, 5) is 4.66. The van der Waals surface area contributed by atoms with E-state index in [9.17, 15) is 8.42 Å². The summed E-state index contributed by atoms with van der Waals surface area (Å²) in [5.41, 5.74) is -0.134. The van der Waals surface area contributed by atoms with Crippen molar-refractivity contribution in [2.24, 2.45) is 16.3 Å². The molecular weight excluding hydrogens is 326 g/mol. The third-order valence-corrected chi connectivity index (χ3v) is 7.69. The Morgan fingerprint density at radius 1 is 1.33 bits per heavy atom. The van der Waals surface area contributed by atoms with Crippen LogP contribution in [-0.2, 0) is 14.6 Å². The van der Waals surface area contributed by atoms with Gasteiger partial charge in [-0.2, -0.15) is 0 Å². The zero-order valence-electron chi connectivity index (χ0n) is 15.8. The average molecular weight is 360 g/mol. The molecule has 0 aromatic carbocycles. The van der Waals surface area contributed by atoms with E-state index in [-0.39, 0.29) is 34.8 Å². The minimum Gasteiger partial charge on any atom is -0.378 e. The van der Waals surface area contributed by atoms with E-state index in [4.69, 9.17) is 4.74 Å². The number of nitrogens with zero attached hydrogens (tertiary/aromatic N) is 1. The van der Waals surface area contributed by atoms with E-state index in [1.54, 1.807) is 7.11 Å². The predicted molar refractivity (Wildman–Crippen MR) is 98.1 cm³/mol. The Labute approximate surface area is 146 Å². The first-order valence-electron chi connectivity index (χ1n) is 8.82. The van der Waals surface area contributed by atoms with E-state index in [2.05, 4.69) is 50.2 Å². The van der Waals surface area contributed by atoms with Gasteiger partial charge in [0.05, 0.1) is 17.1 Å². The average Bonchev–Trinajstić information content (AvgIpc) is 2.82. The summed E-state index contributed by atoms with van der Waals surface area (Å²) in [5, 5.41) is 6.87. The van der Waals surface area contributed by atoms with Crippen LogP contribution in [0.1, 0.15) is 47.5 Å². The van der Waals surface area contributed by atoms with Crippen LogP contribution in [-0.4, -0.2) is 57.2 Å². The first kappa shape index (κ1) is 19.5. The molecule has 2 fully saturated rings. The van der Waals surface area contributed by atoms with Crippen molar-refractivity contribution < 1.29 is 13.2 Å². The van der Waals surface area contributed by atoms with Gasteiger partial charge in [0.1, 0.15) is 0 Å². The van der Waals surface area contributed by atoms with Gasteiger partial charge in [0.2, 0.25) is 0 Å². The fourth-order valence-corrected chi connectivity index (χ4v) is 5.38. The van der Waals surface area contributed by atoms with E-state index in [0.717, 1.165) is 18.8 Å². The van der Waals surface area contributed by atoms with Gasteiger partial charge < -0.3 is 15.4 Å². The number of methoxy groups -OCH3 is 1. The molecule has 1 saturated heterocycles. The first-order valence-corrected chi connectivity index (χ1v) is 10.6. The van der Waals surface area contributed by atoms with Crippen LogP contribution in [0.15, 0.2) is 4.99 Å². The Bertz CT molecular complexity index is 586. The van der Waals surface area contributed by atoms with E-state index in [1.165, 1.54) is 0 Å². The van der Waals surface area contributed by atoms with Crippen molar-refractivity contribution in [2.75, 3.05) is 25.2 Å². The van der Waals surface area contributed by atoms with Gasteiger partial charge >= 0.3 is 0 Å². The lowest BCUT2D eigenvalue weighted by molar-refractivity contribution is -0.176. The van der Waals surface area contributed by atoms with Crippen LogP contribution < -0.4 is 10.6 Å². The molecule has 1 saturated carbocycles. The Balaban J connectivity index is 2.00. The number of hydrogen-bond acceptors (Lipinski definition) is 4. The highest BCUT2D eigenvalue weighted by atomic mass is 32.2. The summed E-state index contributed by atoms with van der Waals surface area (Å²) in [6.45, 7) is 11.2. The number of rotatable bonds is 5. The lowest BCUT2D eigenvalue weighted by Gasteiger charge is -2.59. The lowest BCUT2D eigenvalue weighted by atomic mass is 9.56. The minimum atomic E-state index is -2.85. The van der Waals surface area contributed by atoms with Gasteiger partial charge in [-0.05, 0) is 39.5 Å². The third-order valence-electron chi connectivity index (χ3n) is 5.85. The van der Waals surface area contributed by atoms with Gasteiger partial charge in [-0.3, -0.25) is 4.99 Å². The third kappa shape index (κ3) is 4.04. The van der Waals surface area contributed by atoms with E-state index < -0.39 is 9.84 Å². The molecule has 3 unspecified atom stereocenters. The second-order valence-electron chi connectivity index (χ2n) is 8.32. The summed E-state index contributed by atoms with van der Waals surface area (Å²) in [5.74, 6) is 1.47. The van der Waals surface area contributed by atoms with Gasteiger partial charge in [-0.15, -0.1) is 0 Å². The molecule has 0 amide bonds. The number of sulfone groups is 1. The number of ether oxygens (including phenoxy) is 1. The molecule has 2 N–H and O–H groups in total. The van der Waals surface area contributed by atoms with Crippen LogP contribution in [0.4, 0.5) is 0 Å². The molecule has 0 radical (unpaired) electrons. The van der Waals surface area contributed by atoms with Crippen molar-refractivity contribution in [3.05, 3.63) is 0 Å². The van der Waals surface area contributed by atoms with Crippen LogP contribution in [0.3, 0.4) is 0 Å². The van der Waals surface area contributed by atoms with E-state index in [0.29, 0.717) is 12.3 Å². The van der Waals surface area contributed by atoms with Crippen molar-refractivity contribution in [1.82, 2.24) is 10.6 Å². The fraction of sp³-hybridized carbons (Fsp3) is 0.941. The van der Waals surface area contributed by atoms with Gasteiger partial charge in [0.15, 0.2) is 15.8 Å². The van der Waals surface area contributed by atoms with Crippen molar-refractivity contribution in [3.63, 3.8) is 0 Å². The summed E-state index contributed by atoms with van der Waals surface area (Å²) in [6.07, 6.45) is 1.64. The Hall–Kier alpha value is -0.820. The van der Waals surface area contributed by atoms with Crippen molar-refractivity contribution in [1.29, 1.82) is 0 Å². The Morgan fingerprint density at radius 3 is 2.46 bits per heavy atom. The molecule has 3 atom stereocenters. The standard InChI is InChI=1S/C17H33N3O3S/c1-12(2)19-15(18-10-13-7-8-24(21,22)11-13)20-14-9-17(5,23-6)16(14,3)4/h12-14H,7-11H2,1-6H3,(H2,18,19,20). The SMILES string of the molecule is COC1(C)CC(NC(=NCC2CCS(=O)(=O)C2)NC(C)C)C1(C)C. The molecular formula is C17H33N3O3S. The summed E-state index contributed by atoms with van der Waals surface area (Å²) in [6, 6.07) is 0.542. The maximum absolute atomic E-state index is 11.6. The number of nitrogens with one attached hydrogen (secondary N) is 2. The highest BCUT2D eigenvalue weighted by Gasteiger charge is 2.58. The smallest absolute Gasteiger partial charge is 0.191 e. The monoisotopic (exact) mass is 359 g/mol. The summed E-state index contributed by atoms with van der Waals surface area (Å²) >= 11 is 0. The van der Waals surface area contributed by atoms with Crippen LogP contribution in [0.2, 0.25) is 0 Å². The molecule has 1 aliphatic carbocycles. The molecule has 140 valence electrons. The predicted octanol–water partition coefficient (Wildman–Crippen LogP) is 1.57. The zero-order chi connectivity index (χ0) is 18.2. The fourth-order valence-electron chi connectivity index (χ4n) is 3.53. The Kier molecular flexibility index (Phi) is 5.55. The highest BCUT2D eigenvalue weighted by Crippen LogP contribution is 2.51. The van der Waals surface area contributed by atoms with Gasteiger partial charge in [-0.25, -0.2) is 8.42 Å². The van der Waals surface area contributed by atoms with E-state index >= 15 is 0 Å². The van der Waals surface area contributed by atoms with Crippen LogP contribution in [0.25, 0.3) is 0 Å². The first-order chi connectivity index (χ1) is 11.0. The molecule has 0 spiro atoms. The molecule has 7 heteroatoms. The van der Waals surface area contributed by atoms with Gasteiger partial charge in [-0.1, -0.05) is 13.8 Å². The molecule has 2 rings (SSSR count). The molecule has 2 aliphatic rings. The Morgan fingerprint density at radius 2 is 2.00 bits per heavy atom. The maximum Gasteiger partial charge on any atom is 0.191 e. The second kappa shape index (κ2) is 6.83.